The Hall–Kier alpha value is -3.96. The fourth-order valence-corrected chi connectivity index (χ4v) is 5.70. The number of piperazine rings is 1. The molecule has 42 heavy (non-hydrogen) atoms. The lowest BCUT2D eigenvalue weighted by atomic mass is 10.1. The molecule has 1 aliphatic rings. The quantitative estimate of drug-likeness (QED) is 0.328. The molecule has 2 aromatic carbocycles. The fourth-order valence-electron chi connectivity index (χ4n) is 4.65. The number of hydrogen-bond donors (Lipinski definition) is 1. The lowest BCUT2D eigenvalue weighted by Crippen LogP contribution is -2.57. The van der Waals surface area contributed by atoms with Gasteiger partial charge >= 0.3 is 11.9 Å². The van der Waals surface area contributed by atoms with Gasteiger partial charge in [-0.1, -0.05) is 54.1 Å². The number of amides is 2. The Morgan fingerprint density at radius 1 is 0.929 bits per heavy atom. The molecular weight excluding hydrogens is 580 g/mol. The lowest BCUT2D eigenvalue weighted by Gasteiger charge is -2.38. The molecular formula is C30H33ClN4O6S. The number of hydrogen-bond acceptors (Lipinski definition) is 9. The number of halogens is 1. The minimum atomic E-state index is -1.65. The van der Waals surface area contributed by atoms with Gasteiger partial charge in [0.2, 0.25) is 12.2 Å². The second kappa shape index (κ2) is 14.8. The summed E-state index contributed by atoms with van der Waals surface area (Å²) in [6.45, 7) is 4.00. The van der Waals surface area contributed by atoms with Gasteiger partial charge in [0.05, 0.1) is 21.4 Å². The van der Waals surface area contributed by atoms with Gasteiger partial charge in [-0.25, -0.2) is 4.98 Å². The second-order valence-electron chi connectivity index (χ2n) is 9.76. The van der Waals surface area contributed by atoms with Gasteiger partial charge in [0.1, 0.15) is 0 Å². The number of para-hydroxylation sites is 1. The van der Waals surface area contributed by atoms with E-state index in [1.165, 1.54) is 16.2 Å². The first-order valence-corrected chi connectivity index (χ1v) is 14.8. The number of anilines is 1. The zero-order valence-corrected chi connectivity index (χ0v) is 25.0. The van der Waals surface area contributed by atoms with Crippen LogP contribution in [0.3, 0.4) is 0 Å². The van der Waals surface area contributed by atoms with E-state index < -0.39 is 36.0 Å². The predicted octanol–water partition coefficient (Wildman–Crippen LogP) is 3.26. The second-order valence-corrected chi connectivity index (χ2v) is 11.1. The van der Waals surface area contributed by atoms with E-state index in [1.54, 1.807) is 6.07 Å². The van der Waals surface area contributed by atoms with Crippen LogP contribution in [0.2, 0.25) is 5.02 Å². The molecule has 0 spiro atoms. The Balaban J connectivity index is 1.38. The van der Waals surface area contributed by atoms with Gasteiger partial charge < -0.3 is 24.6 Å². The third kappa shape index (κ3) is 8.53. The average Bonchev–Trinajstić information content (AvgIpc) is 3.42. The van der Waals surface area contributed by atoms with Crippen LogP contribution in [0, 0.1) is 0 Å². The van der Waals surface area contributed by atoms with E-state index in [-0.39, 0.29) is 6.54 Å². The van der Waals surface area contributed by atoms with Gasteiger partial charge in [-0.05, 0) is 17.7 Å². The molecule has 2 atom stereocenters. The number of rotatable bonds is 11. The zero-order valence-electron chi connectivity index (χ0n) is 23.5. The van der Waals surface area contributed by atoms with Crippen LogP contribution >= 0.6 is 22.9 Å². The summed E-state index contributed by atoms with van der Waals surface area (Å²) in [5.41, 5.74) is 2.94. The van der Waals surface area contributed by atoms with Crippen molar-refractivity contribution in [3.8, 4) is 0 Å². The predicted molar refractivity (Wildman–Crippen MR) is 159 cm³/mol. The first-order chi connectivity index (χ1) is 20.2. The maximum absolute atomic E-state index is 13.5. The molecule has 10 nitrogen and oxygen atoms in total. The molecule has 0 aliphatic carbocycles. The number of ether oxygens (including phenoxy) is 2. The Morgan fingerprint density at radius 3 is 2.24 bits per heavy atom. The number of nitrogens with one attached hydrogen (secondary N) is 1. The summed E-state index contributed by atoms with van der Waals surface area (Å²) in [6, 6.07) is 17.4. The van der Waals surface area contributed by atoms with Crippen LogP contribution in [-0.4, -0.2) is 78.6 Å². The van der Waals surface area contributed by atoms with Gasteiger partial charge in [-0.15, -0.1) is 11.3 Å². The molecule has 1 aromatic heterocycles. The monoisotopic (exact) mass is 612 g/mol. The lowest BCUT2D eigenvalue weighted by molar-refractivity contribution is -0.178. The highest BCUT2D eigenvalue weighted by molar-refractivity contribution is 7.09. The Labute approximate surface area is 253 Å². The molecule has 2 heterocycles. The molecule has 4 rings (SSSR count). The van der Waals surface area contributed by atoms with E-state index in [0.29, 0.717) is 44.0 Å². The van der Waals surface area contributed by atoms with Crippen LogP contribution in [0.5, 0.6) is 0 Å². The van der Waals surface area contributed by atoms with Crippen molar-refractivity contribution < 1.29 is 28.7 Å². The molecule has 12 heteroatoms. The van der Waals surface area contributed by atoms with Crippen molar-refractivity contribution >= 4 is 52.4 Å². The SMILES string of the molecule is CC(=O)O[C@@H](C(=O)NCCc1nc(Cc2ccccc2)cs1)[C@@H](OC(C)=O)C(=O)N1CCN(c2ccccc2Cl)CC1. The number of aromatic nitrogens is 1. The molecule has 0 radical (unpaired) electrons. The van der Waals surface area contributed by atoms with E-state index in [9.17, 15) is 19.2 Å². The fraction of sp³-hybridized carbons (Fsp3) is 0.367. The number of carbonyl (C=O) groups is 4. The van der Waals surface area contributed by atoms with Crippen LogP contribution in [0.25, 0.3) is 0 Å². The Kier molecular flexibility index (Phi) is 10.9. The number of thiazole rings is 1. The minimum absolute atomic E-state index is 0.187. The summed E-state index contributed by atoms with van der Waals surface area (Å²) in [4.78, 5) is 58.8. The van der Waals surface area contributed by atoms with Crippen molar-refractivity contribution in [1.29, 1.82) is 0 Å². The molecule has 2 amide bonds. The molecule has 0 unspecified atom stereocenters. The zero-order chi connectivity index (χ0) is 30.1. The topological polar surface area (TPSA) is 118 Å². The molecule has 0 bridgehead atoms. The number of benzene rings is 2. The largest absolute Gasteiger partial charge is 0.448 e. The molecule has 222 valence electrons. The van der Waals surface area contributed by atoms with Gasteiger partial charge in [0.25, 0.3) is 11.8 Å². The maximum atomic E-state index is 13.5. The van der Waals surface area contributed by atoms with E-state index in [0.717, 1.165) is 35.8 Å². The highest BCUT2D eigenvalue weighted by atomic mass is 35.5. The van der Waals surface area contributed by atoms with Crippen molar-refractivity contribution in [3.05, 3.63) is 81.3 Å². The standard InChI is InChI=1S/C30H33ClN4O6S/c1-20(36)40-27(29(38)32-13-12-26-33-23(19-42-26)18-22-8-4-3-5-9-22)28(41-21(2)37)30(39)35-16-14-34(15-17-35)25-11-7-6-10-24(25)31/h3-11,19,27-28H,12-18H2,1-2H3,(H,32,38)/t27-,28-/m1/s1. The summed E-state index contributed by atoms with van der Waals surface area (Å²) >= 11 is 7.82. The van der Waals surface area contributed by atoms with Crippen molar-refractivity contribution in [1.82, 2.24) is 15.2 Å². The van der Waals surface area contributed by atoms with Crippen molar-refractivity contribution in [2.45, 2.75) is 38.9 Å². The van der Waals surface area contributed by atoms with Crippen molar-refractivity contribution in [2.24, 2.45) is 0 Å². The molecule has 3 aromatic rings. The van der Waals surface area contributed by atoms with E-state index in [2.05, 4.69) is 10.3 Å². The van der Waals surface area contributed by atoms with Crippen LogP contribution in [0.1, 0.15) is 30.1 Å². The molecule has 1 N–H and O–H groups in total. The van der Waals surface area contributed by atoms with Crippen LogP contribution in [-0.2, 0) is 41.5 Å². The third-order valence-electron chi connectivity index (χ3n) is 6.61. The molecule has 1 saturated heterocycles. The maximum Gasteiger partial charge on any atom is 0.303 e. The van der Waals surface area contributed by atoms with Crippen LogP contribution in [0.15, 0.2) is 60.0 Å². The summed E-state index contributed by atoms with van der Waals surface area (Å²) < 4.78 is 10.5. The smallest absolute Gasteiger partial charge is 0.303 e. The van der Waals surface area contributed by atoms with Crippen molar-refractivity contribution in [3.63, 3.8) is 0 Å². The average molecular weight is 613 g/mol. The minimum Gasteiger partial charge on any atom is -0.448 e. The molecule has 1 fully saturated rings. The van der Waals surface area contributed by atoms with E-state index in [1.807, 2.05) is 58.8 Å². The molecule has 0 saturated carbocycles. The van der Waals surface area contributed by atoms with Crippen LogP contribution in [0.4, 0.5) is 5.69 Å². The summed E-state index contributed by atoms with van der Waals surface area (Å²) in [5.74, 6) is -2.91. The Bertz CT molecular complexity index is 1390. The summed E-state index contributed by atoms with van der Waals surface area (Å²) in [7, 11) is 0. The number of carbonyl (C=O) groups excluding carboxylic acids is 4. The highest BCUT2D eigenvalue weighted by Gasteiger charge is 2.42. The Morgan fingerprint density at radius 2 is 1.57 bits per heavy atom. The first-order valence-electron chi connectivity index (χ1n) is 13.6. The van der Waals surface area contributed by atoms with Crippen LogP contribution < -0.4 is 10.2 Å². The van der Waals surface area contributed by atoms with Gasteiger partial charge in [0, 0.05) is 64.8 Å². The summed E-state index contributed by atoms with van der Waals surface area (Å²) in [5, 5.41) is 6.12. The van der Waals surface area contributed by atoms with Gasteiger partial charge in [-0.3, -0.25) is 19.2 Å². The number of nitrogens with zero attached hydrogens (tertiary/aromatic N) is 3. The first kappa shape index (κ1) is 31.0. The normalized spacial score (nSPS) is 14.5. The summed E-state index contributed by atoms with van der Waals surface area (Å²) in [6.07, 6.45) is -2.13. The number of esters is 2. The third-order valence-corrected chi connectivity index (χ3v) is 7.89. The van der Waals surface area contributed by atoms with Crippen molar-refractivity contribution in [2.75, 3.05) is 37.6 Å². The van der Waals surface area contributed by atoms with Gasteiger partial charge in [0.15, 0.2) is 0 Å². The molecule has 1 aliphatic heterocycles. The van der Waals surface area contributed by atoms with E-state index in [4.69, 9.17) is 21.1 Å². The van der Waals surface area contributed by atoms with Gasteiger partial charge in [-0.2, -0.15) is 0 Å². The highest BCUT2D eigenvalue weighted by Crippen LogP contribution is 2.26. The van der Waals surface area contributed by atoms with E-state index >= 15 is 0 Å².